The van der Waals surface area contributed by atoms with E-state index < -0.39 is 12.5 Å². The molecular formula is C10H15F2N3O2. The molecule has 1 rings (SSSR count). The predicted octanol–water partition coefficient (Wildman–Crippen LogP) is 1.57. The van der Waals surface area contributed by atoms with Crippen LogP contribution in [0.3, 0.4) is 0 Å². The first kappa shape index (κ1) is 13.6. The molecule has 7 heteroatoms. The number of carbonyl (C=O) groups is 1. The molecule has 0 amide bonds. The van der Waals surface area contributed by atoms with Crippen LogP contribution in [-0.4, -0.2) is 38.1 Å². The Kier molecular flexibility index (Phi) is 4.56. The Morgan fingerprint density at radius 3 is 2.71 bits per heavy atom. The van der Waals surface area contributed by atoms with E-state index in [1.807, 2.05) is 0 Å². The lowest BCUT2D eigenvalue weighted by Gasteiger charge is -2.24. The van der Waals surface area contributed by atoms with Crippen molar-refractivity contribution >= 4 is 5.97 Å². The van der Waals surface area contributed by atoms with Crippen LogP contribution in [0.4, 0.5) is 8.78 Å². The maximum absolute atomic E-state index is 12.6. The van der Waals surface area contributed by atoms with Crippen molar-refractivity contribution in [3.05, 3.63) is 18.2 Å². The first-order valence-electron chi connectivity index (χ1n) is 5.17. The average Bonchev–Trinajstić information content (AvgIpc) is 2.63. The fourth-order valence-corrected chi connectivity index (χ4v) is 1.42. The lowest BCUT2D eigenvalue weighted by Crippen LogP contribution is -2.36. The summed E-state index contributed by atoms with van der Waals surface area (Å²) in [7, 11) is 0. The second-order valence-corrected chi connectivity index (χ2v) is 3.92. The van der Waals surface area contributed by atoms with E-state index in [0.717, 1.165) is 4.57 Å². The number of hydrogen-bond acceptors (Lipinski definition) is 3. The first-order chi connectivity index (χ1) is 7.91. The molecule has 0 fully saturated rings. The van der Waals surface area contributed by atoms with E-state index >= 15 is 0 Å². The molecule has 0 bridgehead atoms. The van der Waals surface area contributed by atoms with Crippen LogP contribution in [0.15, 0.2) is 12.4 Å². The van der Waals surface area contributed by atoms with E-state index in [9.17, 15) is 13.6 Å². The summed E-state index contributed by atoms with van der Waals surface area (Å²) in [4.78, 5) is 16.0. The Bertz CT molecular complexity index is 379. The minimum absolute atomic E-state index is 0.0612. The Morgan fingerprint density at radius 1 is 1.59 bits per heavy atom. The molecule has 1 aromatic rings. The summed E-state index contributed by atoms with van der Waals surface area (Å²) < 4.78 is 25.9. The van der Waals surface area contributed by atoms with Gasteiger partial charge in [0.15, 0.2) is 0 Å². The zero-order valence-electron chi connectivity index (χ0n) is 9.68. The van der Waals surface area contributed by atoms with Gasteiger partial charge in [0.2, 0.25) is 0 Å². The second kappa shape index (κ2) is 5.72. The number of aliphatic carboxylic acids is 1. The quantitative estimate of drug-likeness (QED) is 0.829. The van der Waals surface area contributed by atoms with Crippen LogP contribution in [0.5, 0.6) is 0 Å². The largest absolute Gasteiger partial charge is 0.480 e. The van der Waals surface area contributed by atoms with Crippen LogP contribution in [0.1, 0.15) is 26.2 Å². The molecule has 96 valence electrons. The van der Waals surface area contributed by atoms with Gasteiger partial charge in [-0.15, -0.1) is 0 Å². The zero-order valence-corrected chi connectivity index (χ0v) is 9.68. The Morgan fingerprint density at radius 2 is 2.24 bits per heavy atom. The standard InChI is InChI=1S/C10H15F2N3O2/c1-7(2)14(6-9(16)17)5-8-13-3-4-15(8)10(11)12/h3-4,7,10H,5-6H2,1-2H3,(H,16,17). The third-order valence-corrected chi connectivity index (χ3v) is 2.37. The molecule has 0 aliphatic rings. The van der Waals surface area contributed by atoms with Crippen molar-refractivity contribution < 1.29 is 18.7 Å². The minimum atomic E-state index is -2.66. The molecule has 5 nitrogen and oxygen atoms in total. The smallest absolute Gasteiger partial charge is 0.319 e. The summed E-state index contributed by atoms with van der Waals surface area (Å²) in [5.41, 5.74) is 0. The van der Waals surface area contributed by atoms with Gasteiger partial charge in [0.1, 0.15) is 5.82 Å². The molecule has 17 heavy (non-hydrogen) atoms. The van der Waals surface area contributed by atoms with Crippen LogP contribution in [0.25, 0.3) is 0 Å². The molecule has 1 N–H and O–H groups in total. The Labute approximate surface area is 97.7 Å². The number of carboxylic acids is 1. The molecule has 1 heterocycles. The van der Waals surface area contributed by atoms with Gasteiger partial charge in [-0.1, -0.05) is 0 Å². The monoisotopic (exact) mass is 247 g/mol. The van der Waals surface area contributed by atoms with Crippen molar-refractivity contribution in [2.75, 3.05) is 6.54 Å². The van der Waals surface area contributed by atoms with Gasteiger partial charge in [0.25, 0.3) is 0 Å². The van der Waals surface area contributed by atoms with E-state index in [-0.39, 0.29) is 25.0 Å². The van der Waals surface area contributed by atoms with Gasteiger partial charge in [-0.2, -0.15) is 8.78 Å². The second-order valence-electron chi connectivity index (χ2n) is 3.92. The Hall–Kier alpha value is -1.50. The highest BCUT2D eigenvalue weighted by Crippen LogP contribution is 2.14. The van der Waals surface area contributed by atoms with Gasteiger partial charge in [0, 0.05) is 18.4 Å². The highest BCUT2D eigenvalue weighted by Gasteiger charge is 2.18. The fraction of sp³-hybridized carbons (Fsp3) is 0.600. The number of nitrogens with zero attached hydrogens (tertiary/aromatic N) is 3. The molecule has 0 aliphatic carbocycles. The number of carboxylic acid groups (broad SMARTS) is 1. The van der Waals surface area contributed by atoms with Crippen molar-refractivity contribution in [1.82, 2.24) is 14.5 Å². The van der Waals surface area contributed by atoms with Crippen LogP contribution < -0.4 is 0 Å². The number of imidazole rings is 1. The topological polar surface area (TPSA) is 58.4 Å². The van der Waals surface area contributed by atoms with E-state index in [4.69, 9.17) is 5.11 Å². The molecular weight excluding hydrogens is 232 g/mol. The molecule has 0 saturated carbocycles. The summed E-state index contributed by atoms with van der Waals surface area (Å²) in [6, 6.07) is -0.0612. The van der Waals surface area contributed by atoms with Gasteiger partial charge in [-0.3, -0.25) is 14.3 Å². The predicted molar refractivity (Wildman–Crippen MR) is 56.7 cm³/mol. The van der Waals surface area contributed by atoms with Crippen molar-refractivity contribution in [3.63, 3.8) is 0 Å². The van der Waals surface area contributed by atoms with Crippen LogP contribution in [0, 0.1) is 0 Å². The summed E-state index contributed by atoms with van der Waals surface area (Å²) in [5.74, 6) is -0.830. The number of rotatable bonds is 6. The van der Waals surface area contributed by atoms with Gasteiger partial charge in [-0.05, 0) is 13.8 Å². The van der Waals surface area contributed by atoms with Gasteiger partial charge < -0.3 is 5.11 Å². The van der Waals surface area contributed by atoms with Gasteiger partial charge in [-0.25, -0.2) is 4.98 Å². The third kappa shape index (κ3) is 3.77. The maximum Gasteiger partial charge on any atom is 0.319 e. The number of hydrogen-bond donors (Lipinski definition) is 1. The molecule has 0 saturated heterocycles. The molecule has 0 unspecified atom stereocenters. The molecule has 0 radical (unpaired) electrons. The first-order valence-corrected chi connectivity index (χ1v) is 5.17. The summed E-state index contributed by atoms with van der Waals surface area (Å²) in [6.07, 6.45) is 2.46. The molecule has 0 spiro atoms. The van der Waals surface area contributed by atoms with Crippen LogP contribution in [0.2, 0.25) is 0 Å². The van der Waals surface area contributed by atoms with Crippen molar-refractivity contribution in [3.8, 4) is 0 Å². The maximum atomic E-state index is 12.6. The lowest BCUT2D eigenvalue weighted by atomic mass is 10.3. The SMILES string of the molecule is CC(C)N(CC(=O)O)Cc1nccn1C(F)F. The average molecular weight is 247 g/mol. The Balaban J connectivity index is 2.78. The number of aromatic nitrogens is 2. The van der Waals surface area contributed by atoms with E-state index in [1.54, 1.807) is 18.7 Å². The fourth-order valence-electron chi connectivity index (χ4n) is 1.42. The normalized spacial score (nSPS) is 11.7. The molecule has 0 aromatic carbocycles. The van der Waals surface area contributed by atoms with Gasteiger partial charge >= 0.3 is 12.5 Å². The summed E-state index contributed by atoms with van der Waals surface area (Å²) in [5, 5.41) is 8.72. The zero-order chi connectivity index (χ0) is 13.0. The third-order valence-electron chi connectivity index (χ3n) is 2.37. The minimum Gasteiger partial charge on any atom is -0.480 e. The lowest BCUT2D eigenvalue weighted by molar-refractivity contribution is -0.139. The van der Waals surface area contributed by atoms with Crippen LogP contribution >= 0.6 is 0 Å². The highest BCUT2D eigenvalue weighted by molar-refractivity contribution is 5.69. The molecule has 1 aromatic heterocycles. The van der Waals surface area contributed by atoms with Crippen molar-refractivity contribution in [1.29, 1.82) is 0 Å². The summed E-state index contributed by atoms with van der Waals surface area (Å²) in [6.45, 7) is 0.832. The molecule has 0 aliphatic heterocycles. The van der Waals surface area contributed by atoms with Crippen molar-refractivity contribution in [2.24, 2.45) is 0 Å². The number of halogens is 2. The number of alkyl halides is 2. The van der Waals surface area contributed by atoms with Crippen molar-refractivity contribution in [2.45, 2.75) is 33.0 Å². The highest BCUT2D eigenvalue weighted by atomic mass is 19.3. The van der Waals surface area contributed by atoms with Gasteiger partial charge in [0.05, 0.1) is 13.1 Å². The van der Waals surface area contributed by atoms with E-state index in [2.05, 4.69) is 4.98 Å². The van der Waals surface area contributed by atoms with E-state index in [0.29, 0.717) is 0 Å². The van der Waals surface area contributed by atoms with E-state index in [1.165, 1.54) is 12.4 Å². The van der Waals surface area contributed by atoms with Crippen LogP contribution in [-0.2, 0) is 11.3 Å². The summed E-state index contributed by atoms with van der Waals surface area (Å²) >= 11 is 0. The molecule has 0 atom stereocenters.